The Morgan fingerprint density at radius 3 is 1.90 bits per heavy atom. The molecule has 0 amide bonds. The molecule has 0 heterocycles. The fourth-order valence-corrected chi connectivity index (χ4v) is 3.28. The Labute approximate surface area is 173 Å². The molecule has 0 saturated heterocycles. The first kappa shape index (κ1) is 20.7. The first-order valence-electron chi connectivity index (χ1n) is 10.2. The first-order chi connectivity index (χ1) is 14.2. The largest absolute Gasteiger partial charge is 0.478 e. The van der Waals surface area contributed by atoms with E-state index in [1.54, 1.807) is 0 Å². The monoisotopic (exact) mass is 388 g/mol. The molecule has 0 fully saturated rings. The second-order valence-corrected chi connectivity index (χ2v) is 7.03. The minimum Gasteiger partial charge on any atom is -0.478 e. The zero-order chi connectivity index (χ0) is 20.3. The summed E-state index contributed by atoms with van der Waals surface area (Å²) < 4.78 is 11.2. The second-order valence-electron chi connectivity index (χ2n) is 7.03. The lowest BCUT2D eigenvalue weighted by molar-refractivity contribution is -0.151. The molecule has 0 aliphatic rings. The van der Waals surface area contributed by atoms with Gasteiger partial charge in [-0.1, -0.05) is 72.8 Å². The van der Waals surface area contributed by atoms with Gasteiger partial charge in [0.1, 0.15) is 5.75 Å². The lowest BCUT2D eigenvalue weighted by atomic mass is 10.0. The van der Waals surface area contributed by atoms with Crippen LogP contribution in [0.1, 0.15) is 30.0 Å². The Morgan fingerprint density at radius 1 is 0.759 bits per heavy atom. The number of benzene rings is 3. The van der Waals surface area contributed by atoms with E-state index in [2.05, 4.69) is 36.4 Å². The van der Waals surface area contributed by atoms with Crippen LogP contribution in [-0.2, 0) is 28.8 Å². The lowest BCUT2D eigenvalue weighted by Gasteiger charge is -2.18. The van der Waals surface area contributed by atoms with E-state index >= 15 is 0 Å². The minimum absolute atomic E-state index is 0.330. The predicted molar refractivity (Wildman–Crippen MR) is 116 cm³/mol. The van der Waals surface area contributed by atoms with Gasteiger partial charge < -0.3 is 9.47 Å². The van der Waals surface area contributed by atoms with Crippen molar-refractivity contribution in [1.29, 1.82) is 0 Å². The molecule has 0 aliphatic heterocycles. The zero-order valence-electron chi connectivity index (χ0n) is 16.9. The Bertz CT molecular complexity index is 857. The third-order valence-electron chi connectivity index (χ3n) is 4.79. The van der Waals surface area contributed by atoms with Crippen molar-refractivity contribution in [1.82, 2.24) is 0 Å². The number of aryl methyl sites for hydroxylation is 2. The fourth-order valence-electron chi connectivity index (χ4n) is 3.28. The summed E-state index contributed by atoms with van der Waals surface area (Å²) in [7, 11) is 0. The van der Waals surface area contributed by atoms with Gasteiger partial charge in [-0.15, -0.1) is 0 Å². The molecular weight excluding hydrogens is 360 g/mol. The van der Waals surface area contributed by atoms with Gasteiger partial charge in [-0.05, 0) is 55.0 Å². The van der Waals surface area contributed by atoms with Gasteiger partial charge in [-0.3, -0.25) is 0 Å². The molecule has 0 saturated carbocycles. The summed E-state index contributed by atoms with van der Waals surface area (Å²) in [5.41, 5.74) is 3.68. The Kier molecular flexibility index (Phi) is 7.88. The van der Waals surface area contributed by atoms with Crippen molar-refractivity contribution in [2.45, 2.75) is 38.7 Å². The van der Waals surface area contributed by atoms with E-state index in [1.165, 1.54) is 11.1 Å². The topological polar surface area (TPSA) is 35.5 Å². The third kappa shape index (κ3) is 6.79. The molecule has 0 N–H and O–H groups in total. The summed E-state index contributed by atoms with van der Waals surface area (Å²) in [6.45, 7) is 2.15. The molecule has 3 aromatic carbocycles. The van der Waals surface area contributed by atoms with Crippen LogP contribution in [0.5, 0.6) is 5.75 Å². The molecule has 0 aromatic heterocycles. The van der Waals surface area contributed by atoms with E-state index in [4.69, 9.17) is 9.47 Å². The maximum atomic E-state index is 12.3. The molecule has 29 heavy (non-hydrogen) atoms. The molecule has 3 heteroatoms. The summed E-state index contributed by atoms with van der Waals surface area (Å²) in [6, 6.07) is 28.4. The van der Waals surface area contributed by atoms with Gasteiger partial charge in [-0.25, -0.2) is 4.79 Å². The van der Waals surface area contributed by atoms with Gasteiger partial charge in [0.15, 0.2) is 6.10 Å². The molecule has 0 aliphatic carbocycles. The van der Waals surface area contributed by atoms with Crippen molar-refractivity contribution < 1.29 is 14.3 Å². The highest BCUT2D eigenvalue weighted by molar-refractivity contribution is 5.75. The van der Waals surface area contributed by atoms with Crippen molar-refractivity contribution in [3.63, 3.8) is 0 Å². The molecule has 0 radical (unpaired) electrons. The minimum atomic E-state index is -0.652. The smallest absolute Gasteiger partial charge is 0.347 e. The number of carbonyl (C=O) groups excluding carboxylic acids is 1. The third-order valence-corrected chi connectivity index (χ3v) is 4.79. The van der Waals surface area contributed by atoms with Gasteiger partial charge in [0.2, 0.25) is 0 Å². The van der Waals surface area contributed by atoms with Gasteiger partial charge in [-0.2, -0.15) is 0 Å². The highest BCUT2D eigenvalue weighted by Gasteiger charge is 2.22. The summed E-state index contributed by atoms with van der Waals surface area (Å²) in [5.74, 6) is 0.356. The number of hydrogen-bond acceptors (Lipinski definition) is 3. The maximum Gasteiger partial charge on any atom is 0.347 e. The van der Waals surface area contributed by atoms with Crippen LogP contribution in [0, 0.1) is 0 Å². The maximum absolute atomic E-state index is 12.3. The van der Waals surface area contributed by atoms with Crippen LogP contribution < -0.4 is 4.74 Å². The highest BCUT2D eigenvalue weighted by Crippen LogP contribution is 2.18. The van der Waals surface area contributed by atoms with Crippen LogP contribution in [-0.4, -0.2) is 18.7 Å². The Morgan fingerprint density at radius 2 is 1.31 bits per heavy atom. The number of carbonyl (C=O) groups is 1. The van der Waals surface area contributed by atoms with Crippen LogP contribution in [0.3, 0.4) is 0 Å². The van der Waals surface area contributed by atoms with Crippen LogP contribution in [0.15, 0.2) is 84.9 Å². The molecule has 0 bridgehead atoms. The number of rotatable bonds is 10. The van der Waals surface area contributed by atoms with E-state index in [-0.39, 0.29) is 5.97 Å². The average Bonchev–Trinajstić information content (AvgIpc) is 2.76. The standard InChI is InChI=1S/C26H28O3/c1-2-28-26(27)25(20-23-12-7-4-8-13-23)29-24-18-16-22(17-19-24)15-9-14-21-10-5-3-6-11-21/h3-8,10-13,16-19,25H,2,9,14-15,20H2,1H3. The first-order valence-corrected chi connectivity index (χ1v) is 10.2. The molecule has 1 atom stereocenters. The fraction of sp³-hybridized carbons (Fsp3) is 0.269. The number of esters is 1. The van der Waals surface area contributed by atoms with E-state index in [1.807, 2.05) is 55.5 Å². The van der Waals surface area contributed by atoms with Crippen molar-refractivity contribution in [3.8, 4) is 5.75 Å². The number of ether oxygens (including phenoxy) is 2. The lowest BCUT2D eigenvalue weighted by Crippen LogP contribution is -2.31. The van der Waals surface area contributed by atoms with Crippen LogP contribution >= 0.6 is 0 Å². The molecule has 3 aromatic rings. The van der Waals surface area contributed by atoms with Crippen LogP contribution in [0.25, 0.3) is 0 Å². The zero-order valence-corrected chi connectivity index (χ0v) is 16.9. The summed E-state index contributed by atoms with van der Waals surface area (Å²) in [4.78, 5) is 12.3. The molecule has 3 rings (SSSR count). The summed E-state index contributed by atoms with van der Waals surface area (Å²) in [6.07, 6.45) is 3.02. The van der Waals surface area contributed by atoms with Gasteiger partial charge in [0.05, 0.1) is 6.61 Å². The Balaban J connectivity index is 1.57. The predicted octanol–water partition coefficient (Wildman–Crippen LogP) is 5.42. The van der Waals surface area contributed by atoms with Crippen molar-refractivity contribution >= 4 is 5.97 Å². The Hall–Kier alpha value is -3.07. The van der Waals surface area contributed by atoms with Crippen molar-refractivity contribution in [2.24, 2.45) is 0 Å². The van der Waals surface area contributed by atoms with Gasteiger partial charge in [0, 0.05) is 6.42 Å². The van der Waals surface area contributed by atoms with E-state index in [0.717, 1.165) is 24.8 Å². The average molecular weight is 389 g/mol. The molecular formula is C26H28O3. The van der Waals surface area contributed by atoms with Crippen molar-refractivity contribution in [3.05, 3.63) is 102 Å². The molecule has 150 valence electrons. The van der Waals surface area contributed by atoms with Crippen LogP contribution in [0.4, 0.5) is 0 Å². The quantitative estimate of drug-likeness (QED) is 0.435. The van der Waals surface area contributed by atoms with Crippen molar-refractivity contribution in [2.75, 3.05) is 6.61 Å². The SMILES string of the molecule is CCOC(=O)C(Cc1ccccc1)Oc1ccc(CCCc2ccccc2)cc1. The summed E-state index contributed by atoms with van der Waals surface area (Å²) >= 11 is 0. The molecule has 3 nitrogen and oxygen atoms in total. The number of hydrogen-bond donors (Lipinski definition) is 0. The normalized spacial score (nSPS) is 11.6. The van der Waals surface area contributed by atoms with Gasteiger partial charge >= 0.3 is 5.97 Å². The van der Waals surface area contributed by atoms with Crippen LogP contribution in [0.2, 0.25) is 0 Å². The summed E-state index contributed by atoms with van der Waals surface area (Å²) in [5, 5.41) is 0. The highest BCUT2D eigenvalue weighted by atomic mass is 16.6. The van der Waals surface area contributed by atoms with Gasteiger partial charge in [0.25, 0.3) is 0 Å². The van der Waals surface area contributed by atoms with E-state index < -0.39 is 6.10 Å². The van der Waals surface area contributed by atoms with E-state index in [0.29, 0.717) is 18.8 Å². The molecule has 1 unspecified atom stereocenters. The second kappa shape index (κ2) is 11.1. The molecule has 0 spiro atoms. The van der Waals surface area contributed by atoms with E-state index in [9.17, 15) is 4.79 Å².